The molecule has 1 spiro atoms. The number of carbonyl (C=O) groups excluding carboxylic acids is 1. The second kappa shape index (κ2) is 6.15. The van der Waals surface area contributed by atoms with Gasteiger partial charge in [0.05, 0.1) is 33.7 Å². The number of nitrogens with one attached hydrogen (secondary N) is 2. The molecule has 0 bridgehead atoms. The molecule has 5 rings (SSSR count). The van der Waals surface area contributed by atoms with Gasteiger partial charge < -0.3 is 9.88 Å². The molecule has 7 nitrogen and oxygen atoms in total. The Morgan fingerprint density at radius 1 is 1.17 bits per heavy atom. The highest BCUT2D eigenvalue weighted by atomic mass is 32.2. The van der Waals surface area contributed by atoms with Crippen molar-refractivity contribution in [1.29, 1.82) is 0 Å². The Hall–Kier alpha value is -3.20. The summed E-state index contributed by atoms with van der Waals surface area (Å²) in [5.41, 5.74) is 1.82. The van der Waals surface area contributed by atoms with Gasteiger partial charge in [-0.3, -0.25) is 9.52 Å². The van der Waals surface area contributed by atoms with Crippen molar-refractivity contribution in [2.75, 3.05) is 10.0 Å². The molecule has 2 aromatic carbocycles. The molecule has 9 heteroatoms. The highest BCUT2D eigenvalue weighted by molar-refractivity contribution is 7.92. The van der Waals surface area contributed by atoms with Gasteiger partial charge in [-0.15, -0.1) is 0 Å². The first-order chi connectivity index (χ1) is 13.9. The van der Waals surface area contributed by atoms with E-state index in [0.717, 1.165) is 37.0 Å². The smallest absolute Gasteiger partial charge is 0.261 e. The molecule has 2 N–H and O–H groups in total. The molecule has 1 fully saturated rings. The molecule has 3 aromatic rings. The number of hydrogen-bond acceptors (Lipinski definition) is 4. The minimum atomic E-state index is -3.92. The van der Waals surface area contributed by atoms with Crippen molar-refractivity contribution in [3.63, 3.8) is 0 Å². The standard InChI is InChI=1S/C20H17FN4O3S/c21-13-2-4-15(5-3-13)29(27,28)24-14-10-16-18(17(11-14)25-9-8-22-12-25)23-19(26)20(16)6-1-7-20/h2-5,8-12,24H,1,6-7H2,(H,23,26). The predicted octanol–water partition coefficient (Wildman–Crippen LogP) is 3.19. The summed E-state index contributed by atoms with van der Waals surface area (Å²) in [6.45, 7) is 0. The number of hydrogen-bond donors (Lipinski definition) is 2. The van der Waals surface area contributed by atoms with E-state index in [0.29, 0.717) is 17.1 Å². The van der Waals surface area contributed by atoms with E-state index in [9.17, 15) is 17.6 Å². The monoisotopic (exact) mass is 412 g/mol. The van der Waals surface area contributed by atoms with Gasteiger partial charge in [-0.05, 0) is 54.8 Å². The quantitative estimate of drug-likeness (QED) is 0.688. The maximum absolute atomic E-state index is 13.2. The fourth-order valence-electron chi connectivity index (χ4n) is 4.01. The molecule has 1 saturated carbocycles. The first kappa shape index (κ1) is 17.9. The molecule has 0 unspecified atom stereocenters. The second-order valence-electron chi connectivity index (χ2n) is 7.34. The molecule has 0 radical (unpaired) electrons. The Bertz CT molecular complexity index is 1220. The van der Waals surface area contributed by atoms with Gasteiger partial charge in [-0.1, -0.05) is 6.42 Å². The van der Waals surface area contributed by atoms with Crippen LogP contribution >= 0.6 is 0 Å². The van der Waals surface area contributed by atoms with E-state index >= 15 is 0 Å². The number of carbonyl (C=O) groups is 1. The number of aromatic nitrogens is 2. The maximum atomic E-state index is 13.2. The fourth-order valence-corrected chi connectivity index (χ4v) is 5.05. The molecular weight excluding hydrogens is 395 g/mol. The Kier molecular flexibility index (Phi) is 3.79. The predicted molar refractivity (Wildman–Crippen MR) is 105 cm³/mol. The van der Waals surface area contributed by atoms with Crippen molar-refractivity contribution in [2.24, 2.45) is 0 Å². The van der Waals surface area contributed by atoms with Crippen LogP contribution in [0.15, 0.2) is 60.0 Å². The summed E-state index contributed by atoms with van der Waals surface area (Å²) in [5, 5.41) is 2.97. The van der Waals surface area contributed by atoms with E-state index in [1.54, 1.807) is 35.4 Å². The zero-order chi connectivity index (χ0) is 20.2. The topological polar surface area (TPSA) is 93.1 Å². The average Bonchev–Trinajstić information content (AvgIpc) is 3.26. The van der Waals surface area contributed by atoms with Gasteiger partial charge in [0, 0.05) is 12.4 Å². The number of sulfonamides is 1. The van der Waals surface area contributed by atoms with E-state index in [1.807, 2.05) is 0 Å². The molecule has 148 valence electrons. The number of amides is 1. The highest BCUT2D eigenvalue weighted by Crippen LogP contribution is 2.53. The zero-order valence-electron chi connectivity index (χ0n) is 15.2. The van der Waals surface area contributed by atoms with Gasteiger partial charge in [-0.25, -0.2) is 17.8 Å². The van der Waals surface area contributed by atoms with Crippen LogP contribution in [0.2, 0.25) is 0 Å². The van der Waals surface area contributed by atoms with Crippen molar-refractivity contribution >= 4 is 27.3 Å². The van der Waals surface area contributed by atoms with E-state index in [4.69, 9.17) is 0 Å². The van der Waals surface area contributed by atoms with Crippen molar-refractivity contribution in [2.45, 2.75) is 29.6 Å². The second-order valence-corrected chi connectivity index (χ2v) is 9.02. The van der Waals surface area contributed by atoms with Crippen molar-refractivity contribution in [3.8, 4) is 5.69 Å². The summed E-state index contributed by atoms with van der Waals surface area (Å²) in [6.07, 6.45) is 7.32. The summed E-state index contributed by atoms with van der Waals surface area (Å²) in [4.78, 5) is 16.7. The van der Waals surface area contributed by atoms with Gasteiger partial charge in [0.25, 0.3) is 10.0 Å². The Labute approximate surface area is 166 Å². The van der Waals surface area contributed by atoms with Gasteiger partial charge in [0.2, 0.25) is 5.91 Å². The number of nitrogens with zero attached hydrogens (tertiary/aromatic N) is 2. The van der Waals surface area contributed by atoms with Crippen LogP contribution < -0.4 is 10.0 Å². The highest BCUT2D eigenvalue weighted by Gasteiger charge is 2.52. The van der Waals surface area contributed by atoms with Crippen LogP contribution in [0.4, 0.5) is 15.8 Å². The molecule has 0 atom stereocenters. The summed E-state index contributed by atoms with van der Waals surface area (Å²) in [7, 11) is -3.92. The van der Waals surface area contributed by atoms with Gasteiger partial charge in [0.15, 0.2) is 0 Å². The van der Waals surface area contributed by atoms with Crippen molar-refractivity contribution in [1.82, 2.24) is 9.55 Å². The van der Waals surface area contributed by atoms with Crippen LogP contribution in [0.1, 0.15) is 24.8 Å². The lowest BCUT2D eigenvalue weighted by atomic mass is 9.65. The van der Waals surface area contributed by atoms with Crippen molar-refractivity contribution < 1.29 is 17.6 Å². The number of fused-ring (bicyclic) bond motifs is 2. The third-order valence-electron chi connectivity index (χ3n) is 5.67. The number of anilines is 2. The third-order valence-corrected chi connectivity index (χ3v) is 7.07. The minimum absolute atomic E-state index is 0.0452. The maximum Gasteiger partial charge on any atom is 0.261 e. The van der Waals surface area contributed by atoms with E-state index in [1.165, 1.54) is 12.1 Å². The summed E-state index contributed by atoms with van der Waals surface area (Å²) in [6, 6.07) is 7.98. The summed E-state index contributed by atoms with van der Waals surface area (Å²) in [5.74, 6) is -0.570. The Morgan fingerprint density at radius 3 is 2.55 bits per heavy atom. The lowest BCUT2D eigenvalue weighted by Crippen LogP contribution is -2.40. The molecule has 2 aliphatic rings. The van der Waals surface area contributed by atoms with Gasteiger partial charge >= 0.3 is 0 Å². The van der Waals surface area contributed by atoms with Crippen LogP contribution in [0, 0.1) is 5.82 Å². The molecule has 1 aromatic heterocycles. The van der Waals surface area contributed by atoms with Crippen LogP contribution in [-0.4, -0.2) is 23.9 Å². The third kappa shape index (κ3) is 2.72. The SMILES string of the molecule is O=C1Nc2c(-n3ccnc3)cc(NS(=O)(=O)c3ccc(F)cc3)cc2C12CCC2. The molecule has 1 aliphatic carbocycles. The van der Waals surface area contributed by atoms with Gasteiger partial charge in [0.1, 0.15) is 5.82 Å². The largest absolute Gasteiger partial charge is 0.323 e. The molecule has 1 aliphatic heterocycles. The van der Waals surface area contributed by atoms with Crippen LogP contribution in [-0.2, 0) is 20.2 Å². The van der Waals surface area contributed by atoms with E-state index in [-0.39, 0.29) is 10.8 Å². The van der Waals surface area contributed by atoms with Crippen molar-refractivity contribution in [3.05, 3.63) is 66.5 Å². The Morgan fingerprint density at radius 2 is 1.93 bits per heavy atom. The number of halogens is 1. The van der Waals surface area contributed by atoms with Crippen LogP contribution in [0.5, 0.6) is 0 Å². The van der Waals surface area contributed by atoms with Crippen LogP contribution in [0.3, 0.4) is 0 Å². The molecule has 29 heavy (non-hydrogen) atoms. The molecule has 1 amide bonds. The number of benzene rings is 2. The van der Waals surface area contributed by atoms with E-state index < -0.39 is 21.3 Å². The lowest BCUT2D eigenvalue weighted by Gasteiger charge is -2.36. The lowest BCUT2D eigenvalue weighted by molar-refractivity contribution is -0.123. The molecule has 0 saturated heterocycles. The normalized spacial score (nSPS) is 16.9. The summed E-state index contributed by atoms with van der Waals surface area (Å²) >= 11 is 0. The zero-order valence-corrected chi connectivity index (χ0v) is 16.0. The number of imidazole rings is 1. The minimum Gasteiger partial charge on any atom is -0.323 e. The molecular formula is C20H17FN4O3S. The summed E-state index contributed by atoms with van der Waals surface area (Å²) < 4.78 is 43.0. The molecule has 2 heterocycles. The number of rotatable bonds is 4. The first-order valence-corrected chi connectivity index (χ1v) is 10.6. The first-order valence-electron chi connectivity index (χ1n) is 9.16. The average molecular weight is 412 g/mol. The van der Waals surface area contributed by atoms with Gasteiger partial charge in [-0.2, -0.15) is 0 Å². The fraction of sp³-hybridized carbons (Fsp3) is 0.200. The Balaban J connectivity index is 1.62. The van der Waals surface area contributed by atoms with E-state index in [2.05, 4.69) is 15.0 Å². The van der Waals surface area contributed by atoms with Crippen LogP contribution in [0.25, 0.3) is 5.69 Å².